The molecule has 0 saturated carbocycles. The Bertz CT molecular complexity index is 1160. The van der Waals surface area contributed by atoms with Crippen LogP contribution in [0.4, 0.5) is 74.6 Å². The minimum Gasteiger partial charge on any atom is -0.464 e. The van der Waals surface area contributed by atoms with Crippen molar-refractivity contribution in [3.05, 3.63) is 0 Å². The Hall–Kier alpha value is -0.980. The van der Waals surface area contributed by atoms with E-state index in [-0.39, 0.29) is 13.0 Å². The van der Waals surface area contributed by atoms with Crippen molar-refractivity contribution < 1.29 is 98.4 Å². The highest BCUT2D eigenvalue weighted by atomic mass is 79.9. The highest BCUT2D eigenvalue weighted by molar-refractivity contribution is 9.10. The highest BCUT2D eigenvalue weighted by Crippen LogP contribution is 2.64. The molecule has 0 rings (SSSR count). The number of carbonyl (C=O) groups excluding carboxylic acids is 2. The number of carbonyl (C=O) groups is 2. The lowest BCUT2D eigenvalue weighted by atomic mass is 9.88. The molecule has 0 fully saturated rings. The molecule has 0 bridgehead atoms. The first-order chi connectivity index (χ1) is 22.3. The van der Waals surface area contributed by atoms with Gasteiger partial charge < -0.3 is 14.2 Å². The molecule has 304 valence electrons. The molecule has 0 aliphatic rings. The second-order valence-corrected chi connectivity index (χ2v) is 17.1. The molecule has 0 atom stereocenters. The second-order valence-electron chi connectivity index (χ2n) is 12.1. The van der Waals surface area contributed by atoms with Gasteiger partial charge in [0.05, 0.1) is 17.8 Å². The summed E-state index contributed by atoms with van der Waals surface area (Å²) in [5.41, 5.74) is -1.23. The zero-order valence-electron chi connectivity index (χ0n) is 26.8. The van der Waals surface area contributed by atoms with Crippen LogP contribution in [-0.4, -0.2) is 106 Å². The topological polar surface area (TPSA) is 61.8 Å². The summed E-state index contributed by atoms with van der Waals surface area (Å²) in [6.45, 7) is 5.72. The van der Waals surface area contributed by atoms with E-state index in [2.05, 4.69) is 31.9 Å². The van der Waals surface area contributed by atoms with Crippen molar-refractivity contribution >= 4 is 55.6 Å². The lowest BCUT2D eigenvalue weighted by Crippen LogP contribution is -2.74. The lowest BCUT2D eigenvalue weighted by Gasteiger charge is -2.42. The Balaban J connectivity index is 5.72. The fourth-order valence-corrected chi connectivity index (χ4v) is 4.38. The summed E-state index contributed by atoms with van der Waals surface area (Å²) in [6.07, 6.45) is -8.12. The van der Waals surface area contributed by atoms with Crippen LogP contribution >= 0.6 is 43.6 Å². The maximum Gasteiger partial charge on any atom is 0.460 e. The number of thioether (sulfide) groups is 1. The molecular formula is C26H31Br2F17O5S. The molecule has 0 amide bonds. The standard InChI is InChI=1S/C26H31Br2F17O5S/c1-6-18(11-49-14(46)16(2,3)27,12-50-15(47)17(4,5)28)10-48-8-7-9-51-13-19(29,30)20(31,32)21(33,34)22(35,36)23(37,38)24(39,40)25(41,42)26(43,44)45/h6-13H2,1-5H3. The van der Waals surface area contributed by atoms with Gasteiger partial charge in [0.2, 0.25) is 0 Å². The number of hydrogen-bond acceptors (Lipinski definition) is 6. The van der Waals surface area contributed by atoms with Crippen LogP contribution in [0.3, 0.4) is 0 Å². The summed E-state index contributed by atoms with van der Waals surface area (Å²) in [6, 6.07) is 0. The number of ether oxygens (including phenoxy) is 3. The molecule has 0 unspecified atom stereocenters. The fourth-order valence-electron chi connectivity index (χ4n) is 3.25. The van der Waals surface area contributed by atoms with Crippen LogP contribution in [0.5, 0.6) is 0 Å². The normalized spacial score (nSPS) is 15.2. The zero-order chi connectivity index (χ0) is 41.1. The van der Waals surface area contributed by atoms with Crippen LogP contribution in [0.2, 0.25) is 0 Å². The van der Waals surface area contributed by atoms with Gasteiger partial charge in [0, 0.05) is 6.61 Å². The second kappa shape index (κ2) is 16.4. The molecule has 0 aliphatic carbocycles. The van der Waals surface area contributed by atoms with Gasteiger partial charge in [-0.1, -0.05) is 38.8 Å². The molecule has 0 N–H and O–H groups in total. The first-order valence-corrected chi connectivity index (χ1v) is 16.6. The number of hydrogen-bond donors (Lipinski definition) is 0. The predicted octanol–water partition coefficient (Wildman–Crippen LogP) is 9.97. The first kappa shape index (κ1) is 50.0. The third-order valence-corrected chi connectivity index (χ3v) is 8.59. The molecule has 0 aliphatic heterocycles. The van der Waals surface area contributed by atoms with Gasteiger partial charge in [-0.15, -0.1) is 0 Å². The van der Waals surface area contributed by atoms with Gasteiger partial charge in [0.25, 0.3) is 0 Å². The van der Waals surface area contributed by atoms with Gasteiger partial charge in [-0.3, -0.25) is 9.59 Å². The molecule has 25 heteroatoms. The van der Waals surface area contributed by atoms with Crippen LogP contribution < -0.4 is 0 Å². The van der Waals surface area contributed by atoms with Crippen molar-refractivity contribution in [1.82, 2.24) is 0 Å². The highest BCUT2D eigenvalue weighted by Gasteiger charge is 2.95. The summed E-state index contributed by atoms with van der Waals surface area (Å²) in [4.78, 5) is 24.5. The molecule has 0 heterocycles. The van der Waals surface area contributed by atoms with Gasteiger partial charge in [0.15, 0.2) is 0 Å². The minimum absolute atomic E-state index is 0.118. The number of rotatable bonds is 21. The van der Waals surface area contributed by atoms with Gasteiger partial charge >= 0.3 is 59.6 Å². The lowest BCUT2D eigenvalue weighted by molar-refractivity contribution is -0.460. The van der Waals surface area contributed by atoms with Crippen molar-refractivity contribution in [2.24, 2.45) is 5.41 Å². The Kier molecular flexibility index (Phi) is 16.1. The van der Waals surface area contributed by atoms with Crippen molar-refractivity contribution in [1.29, 1.82) is 0 Å². The smallest absolute Gasteiger partial charge is 0.460 e. The third-order valence-electron chi connectivity index (χ3n) is 6.80. The quantitative estimate of drug-likeness (QED) is 0.0495. The van der Waals surface area contributed by atoms with Gasteiger partial charge in [-0.25, -0.2) is 0 Å². The van der Waals surface area contributed by atoms with E-state index < -0.39 is 123 Å². The van der Waals surface area contributed by atoms with Gasteiger partial charge in [-0.05, 0) is 46.3 Å². The monoisotopic (exact) mass is 936 g/mol. The molecule has 0 spiro atoms. The zero-order valence-corrected chi connectivity index (χ0v) is 30.8. The third kappa shape index (κ3) is 10.6. The van der Waals surface area contributed by atoms with Crippen molar-refractivity contribution in [3.63, 3.8) is 0 Å². The van der Waals surface area contributed by atoms with E-state index in [0.717, 1.165) is 0 Å². The molecule has 0 saturated heterocycles. The number of esters is 2. The van der Waals surface area contributed by atoms with E-state index in [4.69, 9.17) is 14.2 Å². The van der Waals surface area contributed by atoms with Crippen molar-refractivity contribution in [2.75, 3.05) is 37.9 Å². The number of halogens is 19. The Morgan fingerprint density at radius 2 is 0.922 bits per heavy atom. The van der Waals surface area contributed by atoms with Crippen molar-refractivity contribution in [2.45, 2.75) is 104 Å². The maximum atomic E-state index is 14.1. The number of alkyl halides is 19. The Morgan fingerprint density at radius 1 is 0.569 bits per heavy atom. The summed E-state index contributed by atoms with van der Waals surface area (Å²) in [5.74, 6) is -61.5. The molecule has 0 aromatic heterocycles. The van der Waals surface area contributed by atoms with Crippen molar-refractivity contribution in [3.8, 4) is 0 Å². The average molecular weight is 938 g/mol. The Labute approximate surface area is 300 Å². The van der Waals surface area contributed by atoms with Crippen LogP contribution in [0.1, 0.15) is 47.5 Å². The van der Waals surface area contributed by atoms with E-state index in [0.29, 0.717) is 0 Å². The summed E-state index contributed by atoms with van der Waals surface area (Å²) < 4.78 is 242. The van der Waals surface area contributed by atoms with E-state index in [1.165, 1.54) is 27.7 Å². The van der Waals surface area contributed by atoms with E-state index >= 15 is 0 Å². The Morgan fingerprint density at radius 3 is 1.25 bits per heavy atom. The first-order valence-electron chi connectivity index (χ1n) is 13.9. The van der Waals surface area contributed by atoms with Crippen LogP contribution in [0, 0.1) is 5.41 Å². The van der Waals surface area contributed by atoms with E-state index in [1.54, 1.807) is 6.92 Å². The molecule has 5 nitrogen and oxygen atoms in total. The van der Waals surface area contributed by atoms with E-state index in [9.17, 15) is 84.2 Å². The van der Waals surface area contributed by atoms with Gasteiger partial charge in [0.1, 0.15) is 21.9 Å². The maximum absolute atomic E-state index is 14.1. The molecule has 0 radical (unpaired) electrons. The fraction of sp³-hybridized carbons (Fsp3) is 0.923. The van der Waals surface area contributed by atoms with Crippen LogP contribution in [-0.2, 0) is 23.8 Å². The van der Waals surface area contributed by atoms with Crippen LogP contribution in [0.25, 0.3) is 0 Å². The van der Waals surface area contributed by atoms with Gasteiger partial charge in [-0.2, -0.15) is 86.4 Å². The predicted molar refractivity (Wildman–Crippen MR) is 154 cm³/mol. The average Bonchev–Trinajstić information content (AvgIpc) is 2.95. The molecular weight excluding hydrogens is 907 g/mol. The molecule has 0 aromatic rings. The molecule has 0 aromatic carbocycles. The minimum atomic E-state index is -8.67. The molecule has 51 heavy (non-hydrogen) atoms. The summed E-state index contributed by atoms with van der Waals surface area (Å²) in [7, 11) is 0. The largest absolute Gasteiger partial charge is 0.464 e. The SMILES string of the molecule is CCC(COCCCSCC(F)(F)C(F)(F)C(F)(F)C(F)(F)C(F)(F)C(F)(F)C(F)(F)C(F)(F)F)(COC(=O)C(C)(C)Br)COC(=O)C(C)(C)Br. The summed E-state index contributed by atoms with van der Waals surface area (Å²) >= 11 is 5.75. The van der Waals surface area contributed by atoms with Crippen LogP contribution in [0.15, 0.2) is 0 Å². The van der Waals surface area contributed by atoms with E-state index in [1.807, 2.05) is 0 Å². The summed E-state index contributed by atoms with van der Waals surface area (Å²) in [5, 5.41) is 0.